The number of aromatic nitrogens is 2. The number of hydrogen-bond acceptors (Lipinski definition) is 5. The molecule has 6 heteroatoms. The van der Waals surface area contributed by atoms with Gasteiger partial charge >= 0.3 is 0 Å². The van der Waals surface area contributed by atoms with Crippen LogP contribution < -0.4 is 5.32 Å². The second-order valence-corrected chi connectivity index (χ2v) is 8.24. The number of likely N-dealkylation sites (tertiary alicyclic amines) is 1. The molecule has 0 saturated carbocycles. The largest absolute Gasteiger partial charge is 0.382 e. The van der Waals surface area contributed by atoms with Gasteiger partial charge in [-0.05, 0) is 71.8 Å². The van der Waals surface area contributed by atoms with E-state index < -0.39 is 0 Å². The Balaban J connectivity index is 1.37. The van der Waals surface area contributed by atoms with Gasteiger partial charge in [0.2, 0.25) is 0 Å². The van der Waals surface area contributed by atoms with E-state index in [2.05, 4.69) is 33.5 Å². The summed E-state index contributed by atoms with van der Waals surface area (Å²) in [4.78, 5) is 23.1. The molecule has 5 rings (SSSR count). The highest BCUT2D eigenvalue weighted by molar-refractivity contribution is 5.97. The van der Waals surface area contributed by atoms with Crippen LogP contribution in [0.3, 0.4) is 0 Å². The van der Waals surface area contributed by atoms with Gasteiger partial charge in [0.1, 0.15) is 5.69 Å². The predicted molar refractivity (Wildman–Crippen MR) is 129 cm³/mol. The highest BCUT2D eigenvalue weighted by Gasteiger charge is 2.24. The number of carbonyl (C=O) groups is 1. The molecule has 1 aliphatic rings. The number of piperidine rings is 1. The van der Waals surface area contributed by atoms with Crippen LogP contribution in [0, 0.1) is 11.3 Å². The quantitative estimate of drug-likeness (QED) is 0.496. The number of hydrogen-bond donors (Lipinski definition) is 1. The Bertz CT molecular complexity index is 1340. The Morgan fingerprint density at radius 2 is 1.88 bits per heavy atom. The fourth-order valence-corrected chi connectivity index (χ4v) is 4.35. The molecule has 1 aliphatic heterocycles. The lowest BCUT2D eigenvalue weighted by Gasteiger charge is -2.33. The van der Waals surface area contributed by atoms with Crippen molar-refractivity contribution in [3.05, 3.63) is 90.5 Å². The van der Waals surface area contributed by atoms with Gasteiger partial charge in [-0.25, -0.2) is 0 Å². The molecule has 0 bridgehead atoms. The highest BCUT2D eigenvalue weighted by atomic mass is 16.2. The van der Waals surface area contributed by atoms with Crippen molar-refractivity contribution in [2.75, 3.05) is 18.4 Å². The SMILES string of the molecule is N#Cc1cccc(-c2cc(NC3CCN(C(=O)c4ccccn4)CC3)c3cnccc3c2)c1. The third-order valence-corrected chi connectivity index (χ3v) is 6.11. The monoisotopic (exact) mass is 433 g/mol. The van der Waals surface area contributed by atoms with E-state index in [1.807, 2.05) is 53.6 Å². The van der Waals surface area contributed by atoms with E-state index in [0.29, 0.717) is 24.3 Å². The van der Waals surface area contributed by atoms with Gasteiger partial charge < -0.3 is 10.2 Å². The van der Waals surface area contributed by atoms with E-state index in [-0.39, 0.29) is 11.9 Å². The van der Waals surface area contributed by atoms with Gasteiger partial charge in [0.15, 0.2) is 0 Å². The molecule has 1 amide bonds. The van der Waals surface area contributed by atoms with E-state index in [1.165, 1.54) is 0 Å². The molecule has 0 atom stereocenters. The van der Waals surface area contributed by atoms with E-state index in [9.17, 15) is 10.1 Å². The van der Waals surface area contributed by atoms with Crippen LogP contribution in [0.1, 0.15) is 28.9 Å². The number of fused-ring (bicyclic) bond motifs is 1. The van der Waals surface area contributed by atoms with E-state index >= 15 is 0 Å². The molecule has 0 spiro atoms. The number of pyridine rings is 2. The number of benzene rings is 2. The summed E-state index contributed by atoms with van der Waals surface area (Å²) >= 11 is 0. The number of amides is 1. The molecule has 2 aromatic heterocycles. The fraction of sp³-hybridized carbons (Fsp3) is 0.185. The lowest BCUT2D eigenvalue weighted by atomic mass is 9.98. The number of rotatable bonds is 4. The summed E-state index contributed by atoms with van der Waals surface area (Å²) in [5.41, 5.74) is 4.21. The van der Waals surface area contributed by atoms with Crippen molar-refractivity contribution in [1.82, 2.24) is 14.9 Å². The van der Waals surface area contributed by atoms with Gasteiger partial charge in [0.05, 0.1) is 11.6 Å². The van der Waals surface area contributed by atoms with Crippen molar-refractivity contribution in [2.45, 2.75) is 18.9 Å². The van der Waals surface area contributed by atoms with E-state index in [0.717, 1.165) is 40.4 Å². The molecule has 162 valence electrons. The summed E-state index contributed by atoms with van der Waals surface area (Å²) in [5, 5.41) is 15.1. The van der Waals surface area contributed by atoms with Crippen LogP contribution in [0.5, 0.6) is 0 Å². The third-order valence-electron chi connectivity index (χ3n) is 6.11. The summed E-state index contributed by atoms with van der Waals surface area (Å²) in [5.74, 6) is -0.0110. The standard InChI is InChI=1S/C27H23N5O/c28-17-19-4-3-5-20(14-19)22-15-21-7-11-29-18-24(21)26(16-22)31-23-8-12-32(13-9-23)27(33)25-6-1-2-10-30-25/h1-7,10-11,14-16,18,23,31H,8-9,12-13H2. The molecule has 1 fully saturated rings. The van der Waals surface area contributed by atoms with Crippen molar-refractivity contribution in [3.8, 4) is 17.2 Å². The van der Waals surface area contributed by atoms with Gasteiger partial charge in [-0.1, -0.05) is 18.2 Å². The first kappa shape index (κ1) is 20.7. The summed E-state index contributed by atoms with van der Waals surface area (Å²) in [7, 11) is 0. The van der Waals surface area contributed by atoms with Crippen LogP contribution in [0.2, 0.25) is 0 Å². The summed E-state index contributed by atoms with van der Waals surface area (Å²) in [6.07, 6.45) is 7.04. The maximum Gasteiger partial charge on any atom is 0.272 e. The minimum absolute atomic E-state index is 0.0110. The van der Waals surface area contributed by atoms with Crippen LogP contribution in [0.15, 0.2) is 79.3 Å². The molecule has 0 radical (unpaired) electrons. The Morgan fingerprint density at radius 3 is 2.67 bits per heavy atom. The topological polar surface area (TPSA) is 81.9 Å². The Morgan fingerprint density at radius 1 is 1.00 bits per heavy atom. The molecule has 1 saturated heterocycles. The number of nitriles is 1. The number of nitrogens with zero attached hydrogens (tertiary/aromatic N) is 4. The van der Waals surface area contributed by atoms with Crippen molar-refractivity contribution in [3.63, 3.8) is 0 Å². The second-order valence-electron chi connectivity index (χ2n) is 8.24. The minimum atomic E-state index is -0.0110. The van der Waals surface area contributed by atoms with E-state index in [4.69, 9.17) is 0 Å². The number of carbonyl (C=O) groups excluding carboxylic acids is 1. The minimum Gasteiger partial charge on any atom is -0.382 e. The predicted octanol–water partition coefficient (Wildman–Crippen LogP) is 4.89. The Kier molecular flexibility index (Phi) is 5.69. The van der Waals surface area contributed by atoms with Gasteiger partial charge in [0, 0.05) is 48.8 Å². The molecular weight excluding hydrogens is 410 g/mol. The first-order chi connectivity index (χ1) is 16.2. The van der Waals surface area contributed by atoms with Gasteiger partial charge in [0.25, 0.3) is 5.91 Å². The molecule has 1 N–H and O–H groups in total. The van der Waals surface area contributed by atoms with Crippen molar-refractivity contribution < 1.29 is 4.79 Å². The normalized spacial score (nSPS) is 14.1. The smallest absolute Gasteiger partial charge is 0.272 e. The average Bonchev–Trinajstić information content (AvgIpc) is 2.89. The lowest BCUT2D eigenvalue weighted by Crippen LogP contribution is -2.42. The lowest BCUT2D eigenvalue weighted by molar-refractivity contribution is 0.0712. The van der Waals surface area contributed by atoms with Crippen molar-refractivity contribution in [1.29, 1.82) is 5.26 Å². The number of nitrogens with one attached hydrogen (secondary N) is 1. The van der Waals surface area contributed by atoms with E-state index in [1.54, 1.807) is 18.5 Å². The molecule has 33 heavy (non-hydrogen) atoms. The van der Waals surface area contributed by atoms with Gasteiger partial charge in [-0.15, -0.1) is 0 Å². The molecule has 0 unspecified atom stereocenters. The second kappa shape index (κ2) is 9.09. The average molecular weight is 434 g/mol. The van der Waals surface area contributed by atoms with Crippen LogP contribution in [0.4, 0.5) is 5.69 Å². The summed E-state index contributed by atoms with van der Waals surface area (Å²) in [6, 6.07) is 21.8. The Hall–Kier alpha value is -4.24. The van der Waals surface area contributed by atoms with Crippen molar-refractivity contribution >= 4 is 22.4 Å². The zero-order chi connectivity index (χ0) is 22.6. The Labute approximate surface area is 192 Å². The molecule has 0 aliphatic carbocycles. The molecule has 3 heterocycles. The van der Waals surface area contributed by atoms with Crippen molar-refractivity contribution in [2.24, 2.45) is 0 Å². The highest BCUT2D eigenvalue weighted by Crippen LogP contribution is 2.32. The van der Waals surface area contributed by atoms with Crippen LogP contribution in [0.25, 0.3) is 21.9 Å². The maximum atomic E-state index is 12.7. The maximum absolute atomic E-state index is 12.7. The first-order valence-electron chi connectivity index (χ1n) is 11.1. The van der Waals surface area contributed by atoms with Gasteiger partial charge in [-0.3, -0.25) is 14.8 Å². The zero-order valence-electron chi connectivity index (χ0n) is 18.1. The van der Waals surface area contributed by atoms with Crippen LogP contribution in [-0.4, -0.2) is 39.9 Å². The molecule has 6 nitrogen and oxygen atoms in total. The number of anilines is 1. The third kappa shape index (κ3) is 4.39. The summed E-state index contributed by atoms with van der Waals surface area (Å²) < 4.78 is 0. The zero-order valence-corrected chi connectivity index (χ0v) is 18.1. The first-order valence-corrected chi connectivity index (χ1v) is 11.1. The van der Waals surface area contributed by atoms with Crippen LogP contribution >= 0.6 is 0 Å². The fourth-order valence-electron chi connectivity index (χ4n) is 4.35. The van der Waals surface area contributed by atoms with Gasteiger partial charge in [-0.2, -0.15) is 5.26 Å². The van der Waals surface area contributed by atoms with Crippen LogP contribution in [-0.2, 0) is 0 Å². The summed E-state index contributed by atoms with van der Waals surface area (Å²) in [6.45, 7) is 1.38. The molecule has 4 aromatic rings. The molecule has 2 aromatic carbocycles. The molecular formula is C27H23N5O.